The van der Waals surface area contributed by atoms with Gasteiger partial charge in [0.15, 0.2) is 5.82 Å². The quantitative estimate of drug-likeness (QED) is 0.632. The molecule has 2 aromatic heterocycles. The van der Waals surface area contributed by atoms with E-state index in [1.165, 1.54) is 0 Å². The van der Waals surface area contributed by atoms with Crippen LogP contribution in [0, 0.1) is 6.92 Å². The molecule has 136 valence electrons. The number of nitrogens with zero attached hydrogens (tertiary/aromatic N) is 5. The lowest BCUT2D eigenvalue weighted by molar-refractivity contribution is 0.0953. The number of benzene rings is 1. The van der Waals surface area contributed by atoms with E-state index >= 15 is 0 Å². The van der Waals surface area contributed by atoms with E-state index < -0.39 is 0 Å². The van der Waals surface area contributed by atoms with Gasteiger partial charge in [-0.05, 0) is 31.9 Å². The van der Waals surface area contributed by atoms with E-state index in [4.69, 9.17) is 0 Å². The van der Waals surface area contributed by atoms with Gasteiger partial charge < -0.3 is 9.88 Å². The van der Waals surface area contributed by atoms with E-state index in [9.17, 15) is 4.79 Å². The molecule has 0 saturated heterocycles. The Morgan fingerprint density at radius 3 is 2.88 bits per heavy atom. The van der Waals surface area contributed by atoms with Crippen molar-refractivity contribution in [3.63, 3.8) is 0 Å². The molecule has 3 aromatic rings. The van der Waals surface area contributed by atoms with Crippen LogP contribution >= 0.6 is 0 Å². The number of aryl methyl sites for hydroxylation is 3. The van der Waals surface area contributed by atoms with Gasteiger partial charge in [-0.25, -0.2) is 14.6 Å². The molecule has 0 aliphatic rings. The average Bonchev–Trinajstić information content (AvgIpc) is 3.28. The summed E-state index contributed by atoms with van der Waals surface area (Å²) in [5.74, 6) is 1.70. The zero-order chi connectivity index (χ0) is 18.4. The summed E-state index contributed by atoms with van der Waals surface area (Å²) in [6.07, 6.45) is 7.12. The highest BCUT2D eigenvalue weighted by Gasteiger charge is 2.10. The summed E-state index contributed by atoms with van der Waals surface area (Å²) in [4.78, 5) is 21.0. The molecule has 26 heavy (non-hydrogen) atoms. The molecule has 0 atom stereocenters. The molecule has 0 aliphatic heterocycles. The number of hydrogen-bond donors (Lipinski definition) is 1. The van der Waals surface area contributed by atoms with Gasteiger partial charge in [0.05, 0.1) is 0 Å². The lowest BCUT2D eigenvalue weighted by Gasteiger charge is -2.09. The normalized spacial score (nSPS) is 10.8. The summed E-state index contributed by atoms with van der Waals surface area (Å²) >= 11 is 0. The fourth-order valence-corrected chi connectivity index (χ4v) is 2.86. The SMILES string of the molecule is CCCn1ncnc1-c1cccc(C(=O)NCCCn2ccnc2C)c1. The van der Waals surface area contributed by atoms with Crippen molar-refractivity contribution < 1.29 is 4.79 Å². The summed E-state index contributed by atoms with van der Waals surface area (Å²) in [5, 5.41) is 7.22. The van der Waals surface area contributed by atoms with Crippen LogP contribution < -0.4 is 5.32 Å². The molecule has 0 fully saturated rings. The predicted molar refractivity (Wildman–Crippen MR) is 99.7 cm³/mol. The van der Waals surface area contributed by atoms with Crippen LogP contribution in [-0.4, -0.2) is 36.8 Å². The second-order valence-electron chi connectivity index (χ2n) is 6.16. The zero-order valence-corrected chi connectivity index (χ0v) is 15.2. The first kappa shape index (κ1) is 17.8. The predicted octanol–water partition coefficient (Wildman–Crippen LogP) is 2.68. The Labute approximate surface area is 153 Å². The minimum absolute atomic E-state index is 0.0734. The first-order valence-electron chi connectivity index (χ1n) is 8.93. The summed E-state index contributed by atoms with van der Waals surface area (Å²) in [6, 6.07) is 7.52. The van der Waals surface area contributed by atoms with E-state index in [1.54, 1.807) is 12.5 Å². The van der Waals surface area contributed by atoms with E-state index in [-0.39, 0.29) is 5.91 Å². The monoisotopic (exact) mass is 352 g/mol. The molecular formula is C19H24N6O. The van der Waals surface area contributed by atoms with E-state index in [0.717, 1.165) is 43.1 Å². The van der Waals surface area contributed by atoms with E-state index in [2.05, 4.69) is 31.9 Å². The zero-order valence-electron chi connectivity index (χ0n) is 15.2. The maximum absolute atomic E-state index is 12.4. The molecule has 0 saturated carbocycles. The highest BCUT2D eigenvalue weighted by molar-refractivity contribution is 5.95. The highest BCUT2D eigenvalue weighted by Crippen LogP contribution is 2.18. The summed E-state index contributed by atoms with van der Waals surface area (Å²) < 4.78 is 3.94. The largest absolute Gasteiger partial charge is 0.352 e. The van der Waals surface area contributed by atoms with Crippen molar-refractivity contribution in [3.05, 3.63) is 54.4 Å². The van der Waals surface area contributed by atoms with Gasteiger partial charge in [-0.2, -0.15) is 5.10 Å². The maximum Gasteiger partial charge on any atom is 0.251 e. The van der Waals surface area contributed by atoms with Crippen LogP contribution in [0.1, 0.15) is 35.9 Å². The van der Waals surface area contributed by atoms with Gasteiger partial charge in [0.25, 0.3) is 5.91 Å². The minimum Gasteiger partial charge on any atom is -0.352 e. The van der Waals surface area contributed by atoms with Gasteiger partial charge in [-0.15, -0.1) is 0 Å². The Balaban J connectivity index is 1.59. The minimum atomic E-state index is -0.0734. The Morgan fingerprint density at radius 2 is 2.12 bits per heavy atom. The van der Waals surface area contributed by atoms with Gasteiger partial charge >= 0.3 is 0 Å². The Kier molecular flexibility index (Phi) is 5.78. The molecule has 0 aliphatic carbocycles. The summed E-state index contributed by atoms with van der Waals surface area (Å²) in [6.45, 7) is 6.33. The number of imidazole rings is 1. The first-order chi connectivity index (χ1) is 12.7. The molecule has 7 nitrogen and oxygen atoms in total. The Hall–Kier alpha value is -2.96. The molecule has 1 N–H and O–H groups in total. The Morgan fingerprint density at radius 1 is 1.23 bits per heavy atom. The second-order valence-corrected chi connectivity index (χ2v) is 6.16. The van der Waals surface area contributed by atoms with Crippen LogP contribution in [0.2, 0.25) is 0 Å². The van der Waals surface area contributed by atoms with Crippen molar-refractivity contribution >= 4 is 5.91 Å². The van der Waals surface area contributed by atoms with Crippen molar-refractivity contribution in [2.75, 3.05) is 6.54 Å². The van der Waals surface area contributed by atoms with Crippen LogP contribution in [0.25, 0.3) is 11.4 Å². The second kappa shape index (κ2) is 8.42. The molecular weight excluding hydrogens is 328 g/mol. The molecule has 2 heterocycles. The molecule has 7 heteroatoms. The number of carbonyl (C=O) groups is 1. The lowest BCUT2D eigenvalue weighted by atomic mass is 10.1. The summed E-state index contributed by atoms with van der Waals surface area (Å²) in [7, 11) is 0. The average molecular weight is 352 g/mol. The number of hydrogen-bond acceptors (Lipinski definition) is 4. The number of nitrogens with one attached hydrogen (secondary N) is 1. The fourth-order valence-electron chi connectivity index (χ4n) is 2.86. The van der Waals surface area contributed by atoms with Crippen molar-refractivity contribution in [2.45, 2.75) is 39.8 Å². The molecule has 1 aromatic carbocycles. The van der Waals surface area contributed by atoms with Crippen LogP contribution in [0.15, 0.2) is 43.0 Å². The number of amides is 1. The standard InChI is InChI=1S/C19H24N6O/c1-3-10-25-18(22-14-23-25)16-6-4-7-17(13-16)19(26)21-8-5-11-24-12-9-20-15(24)2/h4,6-7,9,12-14H,3,5,8,10-11H2,1-2H3,(H,21,26). The van der Waals surface area contributed by atoms with Crippen molar-refractivity contribution in [1.29, 1.82) is 0 Å². The van der Waals surface area contributed by atoms with Gasteiger partial charge in [0.1, 0.15) is 12.2 Å². The van der Waals surface area contributed by atoms with Gasteiger partial charge in [0, 0.05) is 43.2 Å². The molecule has 1 amide bonds. The van der Waals surface area contributed by atoms with Crippen LogP contribution in [-0.2, 0) is 13.1 Å². The van der Waals surface area contributed by atoms with Crippen LogP contribution in [0.5, 0.6) is 0 Å². The first-order valence-corrected chi connectivity index (χ1v) is 8.93. The molecule has 3 rings (SSSR count). The highest BCUT2D eigenvalue weighted by atomic mass is 16.1. The van der Waals surface area contributed by atoms with E-state index in [1.807, 2.05) is 42.1 Å². The number of carbonyl (C=O) groups excluding carboxylic acids is 1. The van der Waals surface area contributed by atoms with Crippen molar-refractivity contribution in [1.82, 2.24) is 29.6 Å². The van der Waals surface area contributed by atoms with Crippen molar-refractivity contribution in [3.8, 4) is 11.4 Å². The third-order valence-electron chi connectivity index (χ3n) is 4.22. The maximum atomic E-state index is 12.4. The topological polar surface area (TPSA) is 77.6 Å². The molecule has 0 spiro atoms. The van der Waals surface area contributed by atoms with E-state index in [0.29, 0.717) is 12.1 Å². The third kappa shape index (κ3) is 4.17. The molecule has 0 bridgehead atoms. The van der Waals surface area contributed by atoms with Gasteiger partial charge in [-0.1, -0.05) is 19.1 Å². The van der Waals surface area contributed by atoms with Gasteiger partial charge in [0.2, 0.25) is 0 Å². The number of aromatic nitrogens is 5. The van der Waals surface area contributed by atoms with Crippen LogP contribution in [0.3, 0.4) is 0 Å². The summed E-state index contributed by atoms with van der Waals surface area (Å²) in [5.41, 5.74) is 1.53. The smallest absolute Gasteiger partial charge is 0.251 e. The Bertz CT molecular complexity index is 866. The van der Waals surface area contributed by atoms with Gasteiger partial charge in [-0.3, -0.25) is 4.79 Å². The third-order valence-corrected chi connectivity index (χ3v) is 4.22. The molecule has 0 unspecified atom stereocenters. The number of rotatable bonds is 8. The molecule has 0 radical (unpaired) electrons. The van der Waals surface area contributed by atoms with Crippen molar-refractivity contribution in [2.24, 2.45) is 0 Å². The van der Waals surface area contributed by atoms with Crippen LogP contribution in [0.4, 0.5) is 0 Å². The fraction of sp³-hybridized carbons (Fsp3) is 0.368. The lowest BCUT2D eigenvalue weighted by Crippen LogP contribution is -2.25.